The molecule has 0 aliphatic carbocycles. The fourth-order valence-electron chi connectivity index (χ4n) is 1.99. The molecule has 0 saturated heterocycles. The third kappa shape index (κ3) is 3.89. The molecular weight excluding hydrogens is 254 g/mol. The molecule has 110 valence electrons. The van der Waals surface area contributed by atoms with E-state index < -0.39 is 0 Å². The molecule has 2 rings (SSSR count). The topological polar surface area (TPSA) is 47.6 Å². The van der Waals surface area contributed by atoms with E-state index in [2.05, 4.69) is 19.2 Å². The van der Waals surface area contributed by atoms with E-state index in [0.717, 1.165) is 17.1 Å². The lowest BCUT2D eigenvalue weighted by Gasteiger charge is -2.19. The highest BCUT2D eigenvalue weighted by atomic mass is 16.6. The van der Waals surface area contributed by atoms with Gasteiger partial charge in [-0.25, -0.2) is 0 Å². The number of aryl methyl sites for hydroxylation is 1. The van der Waals surface area contributed by atoms with E-state index in [4.69, 9.17) is 9.47 Å². The van der Waals surface area contributed by atoms with Gasteiger partial charge in [-0.3, -0.25) is 4.79 Å². The van der Waals surface area contributed by atoms with Gasteiger partial charge in [0.05, 0.1) is 0 Å². The molecule has 4 heteroatoms. The highest BCUT2D eigenvalue weighted by Gasteiger charge is 2.13. The van der Waals surface area contributed by atoms with Crippen molar-refractivity contribution in [1.29, 1.82) is 0 Å². The molecule has 0 saturated carbocycles. The number of carbonyl (C=O) groups excluding carboxylic acids is 1. The van der Waals surface area contributed by atoms with Gasteiger partial charge < -0.3 is 14.8 Å². The number of hydrogen-bond acceptors (Lipinski definition) is 3. The molecule has 1 aliphatic rings. The number of carbonyl (C=O) groups is 1. The van der Waals surface area contributed by atoms with Crippen LogP contribution < -0.4 is 14.8 Å². The molecule has 4 nitrogen and oxygen atoms in total. The minimum atomic E-state index is 0.0982. The third-order valence-electron chi connectivity index (χ3n) is 3.64. The summed E-state index contributed by atoms with van der Waals surface area (Å²) in [6, 6.07) is 6.08. The minimum absolute atomic E-state index is 0.0982. The first-order valence-corrected chi connectivity index (χ1v) is 7.24. The first-order chi connectivity index (χ1) is 9.56. The molecule has 0 unspecified atom stereocenters. The van der Waals surface area contributed by atoms with Crippen LogP contribution in [0.4, 0.5) is 0 Å². The number of hydrogen-bond donors (Lipinski definition) is 1. The molecule has 0 spiro atoms. The summed E-state index contributed by atoms with van der Waals surface area (Å²) in [6.45, 7) is 7.43. The summed E-state index contributed by atoms with van der Waals surface area (Å²) in [7, 11) is 0. The van der Waals surface area contributed by atoms with Gasteiger partial charge in [-0.1, -0.05) is 19.9 Å². The summed E-state index contributed by atoms with van der Waals surface area (Å²) >= 11 is 0. The Kier molecular flexibility index (Phi) is 4.88. The lowest BCUT2D eigenvalue weighted by molar-refractivity contribution is -0.121. The second-order valence-electron chi connectivity index (χ2n) is 5.58. The van der Waals surface area contributed by atoms with Crippen LogP contribution in [0.25, 0.3) is 0 Å². The van der Waals surface area contributed by atoms with Crippen LogP contribution in [0.2, 0.25) is 0 Å². The highest BCUT2D eigenvalue weighted by molar-refractivity contribution is 5.76. The zero-order chi connectivity index (χ0) is 14.5. The Hall–Kier alpha value is -1.71. The molecule has 1 N–H and O–H groups in total. The van der Waals surface area contributed by atoms with Crippen molar-refractivity contribution in [3.8, 4) is 11.5 Å². The SMILES string of the molecule is CC(C)[C@@H](C)NC(=O)CCc1ccc2c(c1)OCCO2. The summed E-state index contributed by atoms with van der Waals surface area (Å²) in [5.41, 5.74) is 1.10. The Bertz CT molecular complexity index is 471. The van der Waals surface area contributed by atoms with Crippen molar-refractivity contribution in [2.24, 2.45) is 5.92 Å². The number of nitrogens with one attached hydrogen (secondary N) is 1. The Labute approximate surface area is 120 Å². The lowest BCUT2D eigenvalue weighted by atomic mass is 10.1. The summed E-state index contributed by atoms with van der Waals surface area (Å²) in [6.07, 6.45) is 1.21. The first kappa shape index (κ1) is 14.7. The molecule has 0 bridgehead atoms. The molecule has 0 radical (unpaired) electrons. The molecule has 1 atom stereocenters. The van der Waals surface area contributed by atoms with E-state index in [1.807, 2.05) is 25.1 Å². The van der Waals surface area contributed by atoms with E-state index in [0.29, 0.717) is 32.0 Å². The summed E-state index contributed by atoms with van der Waals surface area (Å²) in [5.74, 6) is 2.12. The van der Waals surface area contributed by atoms with Crippen molar-refractivity contribution >= 4 is 5.91 Å². The fraction of sp³-hybridized carbons (Fsp3) is 0.562. The number of ether oxygens (including phenoxy) is 2. The molecule has 20 heavy (non-hydrogen) atoms. The smallest absolute Gasteiger partial charge is 0.220 e. The van der Waals surface area contributed by atoms with Gasteiger partial charge in [-0.05, 0) is 37.0 Å². The van der Waals surface area contributed by atoms with E-state index in [-0.39, 0.29) is 11.9 Å². The largest absolute Gasteiger partial charge is 0.486 e. The average molecular weight is 277 g/mol. The molecule has 1 heterocycles. The molecule has 0 fully saturated rings. The molecule has 1 aromatic carbocycles. The third-order valence-corrected chi connectivity index (χ3v) is 3.64. The van der Waals surface area contributed by atoms with E-state index in [1.54, 1.807) is 0 Å². The van der Waals surface area contributed by atoms with Gasteiger partial charge in [0.15, 0.2) is 11.5 Å². The van der Waals surface area contributed by atoms with Crippen molar-refractivity contribution in [3.63, 3.8) is 0 Å². The number of amides is 1. The van der Waals surface area contributed by atoms with Gasteiger partial charge in [0, 0.05) is 12.5 Å². The Morgan fingerprint density at radius 1 is 1.20 bits per heavy atom. The van der Waals surface area contributed by atoms with Gasteiger partial charge in [-0.2, -0.15) is 0 Å². The summed E-state index contributed by atoms with van der Waals surface area (Å²) in [4.78, 5) is 11.9. The monoisotopic (exact) mass is 277 g/mol. The van der Waals surface area contributed by atoms with Gasteiger partial charge in [0.1, 0.15) is 13.2 Å². The second-order valence-corrected chi connectivity index (χ2v) is 5.58. The standard InChI is InChI=1S/C16H23NO3/c1-11(2)12(3)17-16(18)7-5-13-4-6-14-15(10-13)20-9-8-19-14/h4,6,10-12H,5,7-9H2,1-3H3,(H,17,18)/t12-/m1/s1. The number of benzene rings is 1. The normalized spacial score (nSPS) is 15.0. The van der Waals surface area contributed by atoms with E-state index in [9.17, 15) is 4.79 Å². The molecular formula is C16H23NO3. The maximum absolute atomic E-state index is 11.9. The maximum Gasteiger partial charge on any atom is 0.220 e. The van der Waals surface area contributed by atoms with Gasteiger partial charge in [0.25, 0.3) is 0 Å². The predicted molar refractivity (Wildman–Crippen MR) is 78.2 cm³/mol. The summed E-state index contributed by atoms with van der Waals surface area (Å²) in [5, 5.41) is 3.02. The van der Waals surface area contributed by atoms with Crippen LogP contribution in [0.1, 0.15) is 32.8 Å². The predicted octanol–water partition coefficient (Wildman–Crippen LogP) is 2.55. The molecule has 1 aliphatic heterocycles. The maximum atomic E-state index is 11.9. The van der Waals surface area contributed by atoms with Gasteiger partial charge in [0.2, 0.25) is 5.91 Å². The minimum Gasteiger partial charge on any atom is -0.486 e. The quantitative estimate of drug-likeness (QED) is 0.899. The van der Waals surface area contributed by atoms with Crippen molar-refractivity contribution in [1.82, 2.24) is 5.32 Å². The average Bonchev–Trinajstić information content (AvgIpc) is 2.44. The first-order valence-electron chi connectivity index (χ1n) is 7.24. The van der Waals surface area contributed by atoms with Crippen molar-refractivity contribution in [3.05, 3.63) is 23.8 Å². The van der Waals surface area contributed by atoms with E-state index >= 15 is 0 Å². The molecule has 1 amide bonds. The van der Waals surface area contributed by atoms with Crippen LogP contribution in [-0.2, 0) is 11.2 Å². The van der Waals surface area contributed by atoms with Crippen molar-refractivity contribution < 1.29 is 14.3 Å². The molecule has 0 aromatic heterocycles. The Morgan fingerprint density at radius 2 is 1.90 bits per heavy atom. The van der Waals surface area contributed by atoms with E-state index in [1.165, 1.54) is 0 Å². The van der Waals surface area contributed by atoms with Gasteiger partial charge >= 0.3 is 0 Å². The van der Waals surface area contributed by atoms with Crippen LogP contribution in [0.3, 0.4) is 0 Å². The van der Waals surface area contributed by atoms with Crippen LogP contribution in [0, 0.1) is 5.92 Å². The van der Waals surface area contributed by atoms with Gasteiger partial charge in [-0.15, -0.1) is 0 Å². The Balaban J connectivity index is 1.86. The number of rotatable bonds is 5. The zero-order valence-corrected chi connectivity index (χ0v) is 12.4. The number of fused-ring (bicyclic) bond motifs is 1. The van der Waals surface area contributed by atoms with Crippen molar-refractivity contribution in [2.75, 3.05) is 13.2 Å². The van der Waals surface area contributed by atoms with Crippen molar-refractivity contribution in [2.45, 2.75) is 39.7 Å². The fourth-order valence-corrected chi connectivity index (χ4v) is 1.99. The second kappa shape index (κ2) is 6.64. The van der Waals surface area contributed by atoms with Crippen LogP contribution in [-0.4, -0.2) is 25.2 Å². The highest BCUT2D eigenvalue weighted by Crippen LogP contribution is 2.31. The lowest BCUT2D eigenvalue weighted by Crippen LogP contribution is -2.36. The summed E-state index contributed by atoms with van der Waals surface area (Å²) < 4.78 is 11.0. The van der Waals surface area contributed by atoms with Crippen LogP contribution in [0.5, 0.6) is 11.5 Å². The molecule has 1 aromatic rings. The van der Waals surface area contributed by atoms with Crippen LogP contribution in [0.15, 0.2) is 18.2 Å². The zero-order valence-electron chi connectivity index (χ0n) is 12.4. The van der Waals surface area contributed by atoms with Crippen LogP contribution >= 0.6 is 0 Å². The Morgan fingerprint density at radius 3 is 2.60 bits per heavy atom.